The van der Waals surface area contributed by atoms with Crippen molar-refractivity contribution in [3.8, 4) is 6.07 Å². The number of rotatable bonds is 6. The van der Waals surface area contributed by atoms with Gasteiger partial charge in [0.2, 0.25) is 0 Å². The molecule has 3 aromatic carbocycles. The Kier molecular flexibility index (Phi) is 6.87. The molecule has 0 saturated carbocycles. The van der Waals surface area contributed by atoms with Crippen LogP contribution in [0.15, 0.2) is 72.8 Å². The second-order valence-electron chi connectivity index (χ2n) is 8.63. The molecule has 5 nitrogen and oxygen atoms in total. The van der Waals surface area contributed by atoms with Crippen LogP contribution in [0, 0.1) is 17.1 Å². The fraction of sp³-hybridized carbons (Fsp3) is 0.259. The quantitative estimate of drug-likeness (QED) is 0.550. The predicted octanol–water partition coefficient (Wildman–Crippen LogP) is 4.87. The van der Waals surface area contributed by atoms with Gasteiger partial charge in [0.15, 0.2) is 5.60 Å². The third-order valence-corrected chi connectivity index (χ3v) is 6.66. The molecule has 0 bridgehead atoms. The van der Waals surface area contributed by atoms with E-state index in [1.807, 2.05) is 11.0 Å². The van der Waals surface area contributed by atoms with Gasteiger partial charge in [-0.05, 0) is 43.2 Å². The molecule has 3 aromatic rings. The number of likely N-dealkylation sites (tertiary alicyclic amines) is 1. The summed E-state index contributed by atoms with van der Waals surface area (Å²) >= 11 is 6.30. The maximum absolute atomic E-state index is 14.5. The molecule has 2 atom stereocenters. The molecule has 0 unspecified atom stereocenters. The molecule has 1 fully saturated rings. The molecular formula is C27H25ClFN3O2. The van der Waals surface area contributed by atoms with E-state index in [1.54, 1.807) is 65.6 Å². The van der Waals surface area contributed by atoms with Crippen LogP contribution in [0.2, 0.25) is 5.02 Å². The third-order valence-electron chi connectivity index (χ3n) is 6.35. The van der Waals surface area contributed by atoms with Gasteiger partial charge in [-0.3, -0.25) is 4.79 Å². The molecule has 1 amide bonds. The van der Waals surface area contributed by atoms with Gasteiger partial charge in [0.25, 0.3) is 5.91 Å². The first-order valence-electron chi connectivity index (χ1n) is 11.1. The number of carbonyl (C=O) groups is 1. The molecule has 174 valence electrons. The second-order valence-corrected chi connectivity index (χ2v) is 9.03. The highest BCUT2D eigenvalue weighted by Gasteiger charge is 2.40. The first-order chi connectivity index (χ1) is 16.3. The Morgan fingerprint density at radius 2 is 1.91 bits per heavy atom. The summed E-state index contributed by atoms with van der Waals surface area (Å²) in [6, 6.07) is 22.5. The number of aliphatic hydroxyl groups is 1. The van der Waals surface area contributed by atoms with E-state index in [0.29, 0.717) is 41.2 Å². The van der Waals surface area contributed by atoms with Gasteiger partial charge in [0.05, 0.1) is 10.6 Å². The molecule has 0 spiro atoms. The van der Waals surface area contributed by atoms with E-state index in [4.69, 9.17) is 11.6 Å². The zero-order valence-corrected chi connectivity index (χ0v) is 19.5. The molecule has 1 saturated heterocycles. The summed E-state index contributed by atoms with van der Waals surface area (Å²) in [5.74, 6) is -0.685. The summed E-state index contributed by atoms with van der Waals surface area (Å²) in [4.78, 5) is 16.9. The molecule has 7 heteroatoms. The number of halogens is 2. The number of nitriles is 1. The maximum Gasteiger partial charge on any atom is 0.258 e. The number of hydrogen-bond acceptors (Lipinski definition) is 4. The predicted molar refractivity (Wildman–Crippen MR) is 130 cm³/mol. The monoisotopic (exact) mass is 477 g/mol. The molecule has 1 N–H and O–H groups in total. The fourth-order valence-corrected chi connectivity index (χ4v) is 4.61. The summed E-state index contributed by atoms with van der Waals surface area (Å²) in [5.41, 5.74) is 0.499. The molecule has 4 rings (SSSR count). The molecule has 34 heavy (non-hydrogen) atoms. The summed E-state index contributed by atoms with van der Waals surface area (Å²) in [6.07, 6.45) is 0.642. The minimum absolute atomic E-state index is 0.126. The molecule has 1 heterocycles. The summed E-state index contributed by atoms with van der Waals surface area (Å²) in [7, 11) is 0. The molecular weight excluding hydrogens is 453 g/mol. The van der Waals surface area contributed by atoms with Crippen LogP contribution >= 0.6 is 11.6 Å². The topological polar surface area (TPSA) is 67.6 Å². The van der Waals surface area contributed by atoms with Crippen LogP contribution in [-0.2, 0) is 16.9 Å². The van der Waals surface area contributed by atoms with Crippen molar-refractivity contribution in [2.24, 2.45) is 0 Å². The van der Waals surface area contributed by atoms with Crippen molar-refractivity contribution in [1.29, 1.82) is 5.26 Å². The number of carbonyl (C=O) groups excluding carboxylic acids is 1. The van der Waals surface area contributed by atoms with Crippen molar-refractivity contribution in [3.63, 3.8) is 0 Å². The molecule has 0 aromatic heterocycles. The fourth-order valence-electron chi connectivity index (χ4n) is 4.39. The average molecular weight is 478 g/mol. The lowest BCUT2D eigenvalue weighted by Crippen LogP contribution is -2.46. The Hall–Kier alpha value is -3.40. The summed E-state index contributed by atoms with van der Waals surface area (Å²) in [5, 5.41) is 20.6. The Morgan fingerprint density at radius 3 is 2.59 bits per heavy atom. The van der Waals surface area contributed by atoms with Gasteiger partial charge in [-0.1, -0.05) is 60.1 Å². The lowest BCUT2D eigenvalue weighted by Gasteiger charge is -2.33. The molecule has 0 radical (unpaired) electrons. The standard InChI is InChI=1S/C27H25ClFN3O2/c1-27(34,21-8-3-2-4-9-21)26(33)31-14-13-23(18-31)32(17-20-7-5-6-10-25(20)29)22-12-11-19(16-30)24(28)15-22/h2-12,15,23,34H,13-14,17-18H2,1H3/t23-,27-/m0/s1. The molecule has 1 aliphatic heterocycles. The Balaban J connectivity index is 1.61. The van der Waals surface area contributed by atoms with Crippen molar-refractivity contribution in [3.05, 3.63) is 100 Å². The first-order valence-corrected chi connectivity index (χ1v) is 11.5. The highest BCUT2D eigenvalue weighted by Crippen LogP contribution is 2.31. The van der Waals surface area contributed by atoms with Gasteiger partial charge in [-0.25, -0.2) is 4.39 Å². The lowest BCUT2D eigenvalue weighted by atomic mass is 9.94. The molecule has 0 aliphatic carbocycles. The van der Waals surface area contributed by atoms with Crippen LogP contribution in [0.1, 0.15) is 30.0 Å². The van der Waals surface area contributed by atoms with Gasteiger partial charge in [0, 0.05) is 36.9 Å². The number of hydrogen-bond donors (Lipinski definition) is 1. The van der Waals surface area contributed by atoms with Crippen molar-refractivity contribution in [2.45, 2.75) is 31.5 Å². The zero-order valence-electron chi connectivity index (χ0n) is 18.8. The van der Waals surface area contributed by atoms with Crippen LogP contribution in [0.4, 0.5) is 10.1 Å². The van der Waals surface area contributed by atoms with Gasteiger partial charge in [-0.2, -0.15) is 5.26 Å². The van der Waals surface area contributed by atoms with Crippen LogP contribution in [-0.4, -0.2) is 35.0 Å². The largest absolute Gasteiger partial charge is 0.376 e. The number of amides is 1. The van der Waals surface area contributed by atoms with E-state index in [-0.39, 0.29) is 24.3 Å². The number of nitrogens with zero attached hydrogens (tertiary/aromatic N) is 3. The number of benzene rings is 3. The average Bonchev–Trinajstić information content (AvgIpc) is 3.33. The Labute approximate surface area is 203 Å². The number of anilines is 1. The minimum atomic E-state index is -1.65. The van der Waals surface area contributed by atoms with Crippen molar-refractivity contribution >= 4 is 23.2 Å². The first kappa shape index (κ1) is 23.7. The van der Waals surface area contributed by atoms with Crippen molar-refractivity contribution < 1.29 is 14.3 Å². The van der Waals surface area contributed by atoms with E-state index >= 15 is 0 Å². The van der Waals surface area contributed by atoms with Gasteiger partial charge < -0.3 is 14.9 Å². The second kappa shape index (κ2) is 9.84. The van der Waals surface area contributed by atoms with Crippen LogP contribution < -0.4 is 4.90 Å². The van der Waals surface area contributed by atoms with E-state index in [9.17, 15) is 19.6 Å². The Morgan fingerprint density at radius 1 is 1.21 bits per heavy atom. The lowest BCUT2D eigenvalue weighted by molar-refractivity contribution is -0.149. The summed E-state index contributed by atoms with van der Waals surface area (Å²) in [6.45, 7) is 2.62. The van der Waals surface area contributed by atoms with Crippen molar-refractivity contribution in [1.82, 2.24) is 4.90 Å². The van der Waals surface area contributed by atoms with Crippen LogP contribution in [0.5, 0.6) is 0 Å². The van der Waals surface area contributed by atoms with Gasteiger partial charge in [-0.15, -0.1) is 0 Å². The van der Waals surface area contributed by atoms with E-state index < -0.39 is 5.60 Å². The van der Waals surface area contributed by atoms with Gasteiger partial charge >= 0.3 is 0 Å². The van der Waals surface area contributed by atoms with E-state index in [1.165, 1.54) is 13.0 Å². The van der Waals surface area contributed by atoms with E-state index in [2.05, 4.69) is 6.07 Å². The SMILES string of the molecule is C[C@@](O)(C(=O)N1CC[C@H](N(Cc2ccccc2F)c2ccc(C#N)c(Cl)c2)C1)c1ccccc1. The van der Waals surface area contributed by atoms with Crippen molar-refractivity contribution in [2.75, 3.05) is 18.0 Å². The minimum Gasteiger partial charge on any atom is -0.376 e. The highest BCUT2D eigenvalue weighted by molar-refractivity contribution is 6.32. The van der Waals surface area contributed by atoms with Crippen LogP contribution in [0.3, 0.4) is 0 Å². The zero-order chi connectivity index (χ0) is 24.3. The van der Waals surface area contributed by atoms with Gasteiger partial charge in [0.1, 0.15) is 11.9 Å². The maximum atomic E-state index is 14.5. The summed E-state index contributed by atoms with van der Waals surface area (Å²) < 4.78 is 14.5. The normalized spacial score (nSPS) is 17.1. The smallest absolute Gasteiger partial charge is 0.258 e. The third kappa shape index (κ3) is 4.77. The van der Waals surface area contributed by atoms with Crippen LogP contribution in [0.25, 0.3) is 0 Å². The van der Waals surface area contributed by atoms with E-state index in [0.717, 1.165) is 5.69 Å². The Bertz CT molecular complexity index is 1230. The highest BCUT2D eigenvalue weighted by atomic mass is 35.5. The molecule has 1 aliphatic rings.